The number of hydrogen-bond acceptors (Lipinski definition) is 6. The minimum absolute atomic E-state index is 0.324. The van der Waals surface area contributed by atoms with E-state index in [-0.39, 0.29) is 6.61 Å². The van der Waals surface area contributed by atoms with Gasteiger partial charge in [-0.3, -0.25) is 4.79 Å². The third-order valence-electron chi connectivity index (χ3n) is 3.43. The Kier molecular flexibility index (Phi) is 7.20. The second-order valence-corrected chi connectivity index (χ2v) is 5.51. The van der Waals surface area contributed by atoms with Crippen LogP contribution >= 0.6 is 0 Å². The van der Waals surface area contributed by atoms with Gasteiger partial charge >= 0.3 is 5.97 Å². The van der Waals surface area contributed by atoms with Gasteiger partial charge in [-0.1, -0.05) is 6.07 Å². The predicted octanol–water partition coefficient (Wildman–Crippen LogP) is 2.91. The number of nitriles is 1. The lowest BCUT2D eigenvalue weighted by molar-refractivity contribution is -0.155. The van der Waals surface area contributed by atoms with Crippen LogP contribution in [0, 0.1) is 11.3 Å². The van der Waals surface area contributed by atoms with Crippen molar-refractivity contribution < 1.29 is 23.8 Å². The lowest BCUT2D eigenvalue weighted by Gasteiger charge is -2.14. The van der Waals surface area contributed by atoms with Gasteiger partial charge in [0.2, 0.25) is 0 Å². The molecule has 1 N–H and O–H groups in total. The van der Waals surface area contributed by atoms with E-state index in [2.05, 4.69) is 5.32 Å². The lowest BCUT2D eigenvalue weighted by Crippen LogP contribution is -2.31. The van der Waals surface area contributed by atoms with Crippen molar-refractivity contribution in [3.05, 3.63) is 54.1 Å². The summed E-state index contributed by atoms with van der Waals surface area (Å²) in [6.45, 7) is 3.58. The zero-order valence-corrected chi connectivity index (χ0v) is 15.1. The van der Waals surface area contributed by atoms with E-state index >= 15 is 0 Å². The van der Waals surface area contributed by atoms with Crippen LogP contribution in [0.1, 0.15) is 19.4 Å². The maximum Gasteiger partial charge on any atom is 0.344 e. The molecule has 0 aromatic heterocycles. The van der Waals surface area contributed by atoms with Gasteiger partial charge in [0.25, 0.3) is 5.91 Å². The van der Waals surface area contributed by atoms with Crippen LogP contribution in [0.15, 0.2) is 48.5 Å². The summed E-state index contributed by atoms with van der Waals surface area (Å²) in [5.74, 6) is 0.0239. The van der Waals surface area contributed by atoms with Crippen molar-refractivity contribution in [2.75, 3.05) is 18.5 Å². The van der Waals surface area contributed by atoms with Gasteiger partial charge in [0.15, 0.2) is 12.7 Å². The Morgan fingerprint density at radius 2 is 1.78 bits per heavy atom. The Labute approximate surface area is 157 Å². The molecular formula is C20H20N2O5. The molecule has 2 aromatic carbocycles. The molecule has 0 bridgehead atoms. The fourth-order valence-electron chi connectivity index (χ4n) is 2.14. The summed E-state index contributed by atoms with van der Waals surface area (Å²) in [7, 11) is 0. The summed E-state index contributed by atoms with van der Waals surface area (Å²) in [4.78, 5) is 24.0. The SMILES string of the molecule is CCOc1ccc(OCC(=O)O[C@H](C)C(=O)Nc2cccc(C#N)c2)cc1. The van der Waals surface area contributed by atoms with Crippen LogP contribution < -0.4 is 14.8 Å². The molecule has 2 aromatic rings. The van der Waals surface area contributed by atoms with Crippen molar-refractivity contribution in [3.8, 4) is 17.6 Å². The average Bonchev–Trinajstić information content (AvgIpc) is 2.67. The highest BCUT2D eigenvalue weighted by Crippen LogP contribution is 2.17. The molecule has 0 aliphatic heterocycles. The molecule has 0 fully saturated rings. The topological polar surface area (TPSA) is 97.7 Å². The standard InChI is InChI=1S/C20H20N2O5/c1-3-25-17-7-9-18(10-8-17)26-13-19(23)27-14(2)20(24)22-16-6-4-5-15(11-16)12-21/h4-11,14H,3,13H2,1-2H3,(H,22,24)/t14-/m1/s1. The van der Waals surface area contributed by atoms with E-state index in [1.54, 1.807) is 42.5 Å². The summed E-state index contributed by atoms with van der Waals surface area (Å²) in [5.41, 5.74) is 0.869. The number of esters is 1. The zero-order chi connectivity index (χ0) is 19.6. The number of anilines is 1. The number of ether oxygens (including phenoxy) is 3. The summed E-state index contributed by atoms with van der Waals surface area (Å²) >= 11 is 0. The first-order valence-electron chi connectivity index (χ1n) is 8.38. The van der Waals surface area contributed by atoms with Crippen molar-refractivity contribution in [2.45, 2.75) is 20.0 Å². The maximum absolute atomic E-state index is 12.1. The van der Waals surface area contributed by atoms with E-state index in [1.165, 1.54) is 13.0 Å². The quantitative estimate of drug-likeness (QED) is 0.720. The molecule has 1 amide bonds. The molecule has 0 saturated heterocycles. The Hall–Kier alpha value is -3.53. The van der Waals surface area contributed by atoms with E-state index in [9.17, 15) is 9.59 Å². The smallest absolute Gasteiger partial charge is 0.344 e. The molecule has 27 heavy (non-hydrogen) atoms. The van der Waals surface area contributed by atoms with E-state index < -0.39 is 18.0 Å². The van der Waals surface area contributed by atoms with Crippen molar-refractivity contribution >= 4 is 17.6 Å². The molecule has 2 rings (SSSR count). The highest BCUT2D eigenvalue weighted by molar-refractivity contribution is 5.95. The zero-order valence-electron chi connectivity index (χ0n) is 15.1. The van der Waals surface area contributed by atoms with Gasteiger partial charge in [0.05, 0.1) is 18.2 Å². The summed E-state index contributed by atoms with van der Waals surface area (Å²) in [5, 5.41) is 11.5. The van der Waals surface area contributed by atoms with Crippen LogP contribution in [0.25, 0.3) is 0 Å². The number of carbonyl (C=O) groups excluding carboxylic acids is 2. The normalized spacial score (nSPS) is 11.0. The molecule has 0 heterocycles. The van der Waals surface area contributed by atoms with Crippen LogP contribution in [0.3, 0.4) is 0 Å². The van der Waals surface area contributed by atoms with Crippen molar-refractivity contribution in [1.29, 1.82) is 5.26 Å². The second kappa shape index (κ2) is 9.82. The molecule has 7 nitrogen and oxygen atoms in total. The van der Waals surface area contributed by atoms with Crippen molar-refractivity contribution in [1.82, 2.24) is 0 Å². The Morgan fingerprint density at radius 1 is 1.11 bits per heavy atom. The number of benzene rings is 2. The molecule has 0 unspecified atom stereocenters. The molecule has 0 aliphatic rings. The number of amides is 1. The summed E-state index contributed by atoms with van der Waals surface area (Å²) < 4.78 is 15.7. The molecular weight excluding hydrogens is 348 g/mol. The highest BCUT2D eigenvalue weighted by atomic mass is 16.6. The Morgan fingerprint density at radius 3 is 2.41 bits per heavy atom. The Bertz CT molecular complexity index is 827. The van der Waals surface area contributed by atoms with E-state index in [0.717, 1.165) is 0 Å². The van der Waals surface area contributed by atoms with E-state index in [4.69, 9.17) is 19.5 Å². The fraction of sp³-hybridized carbons (Fsp3) is 0.250. The first kappa shape index (κ1) is 19.8. The van der Waals surface area contributed by atoms with Crippen LogP contribution in [0.5, 0.6) is 11.5 Å². The van der Waals surface area contributed by atoms with Gasteiger partial charge in [-0.25, -0.2) is 4.79 Å². The van der Waals surface area contributed by atoms with Crippen LogP contribution in [0.4, 0.5) is 5.69 Å². The number of nitrogens with zero attached hydrogens (tertiary/aromatic N) is 1. The van der Waals surface area contributed by atoms with Gasteiger partial charge in [-0.2, -0.15) is 5.26 Å². The third-order valence-corrected chi connectivity index (χ3v) is 3.43. The number of hydrogen-bond donors (Lipinski definition) is 1. The molecule has 1 atom stereocenters. The summed E-state index contributed by atoms with van der Waals surface area (Å²) in [6.07, 6.45) is -1.01. The lowest BCUT2D eigenvalue weighted by atomic mass is 10.2. The fourth-order valence-corrected chi connectivity index (χ4v) is 2.14. The predicted molar refractivity (Wildman–Crippen MR) is 98.4 cm³/mol. The minimum atomic E-state index is -1.01. The number of carbonyl (C=O) groups is 2. The van der Waals surface area contributed by atoms with Crippen LogP contribution in [-0.2, 0) is 14.3 Å². The third kappa shape index (κ3) is 6.36. The molecule has 0 saturated carbocycles. The van der Waals surface area contributed by atoms with E-state index in [0.29, 0.717) is 29.4 Å². The van der Waals surface area contributed by atoms with Crippen LogP contribution in [0.2, 0.25) is 0 Å². The first-order chi connectivity index (χ1) is 13.0. The first-order valence-corrected chi connectivity index (χ1v) is 8.38. The van der Waals surface area contributed by atoms with Crippen LogP contribution in [-0.4, -0.2) is 31.2 Å². The number of nitrogens with one attached hydrogen (secondary N) is 1. The highest BCUT2D eigenvalue weighted by Gasteiger charge is 2.18. The van der Waals surface area contributed by atoms with Gasteiger partial charge in [0.1, 0.15) is 11.5 Å². The Balaban J connectivity index is 1.80. The molecule has 7 heteroatoms. The van der Waals surface area contributed by atoms with Gasteiger partial charge in [-0.15, -0.1) is 0 Å². The molecule has 0 radical (unpaired) electrons. The second-order valence-electron chi connectivity index (χ2n) is 5.51. The molecule has 0 spiro atoms. The van der Waals surface area contributed by atoms with E-state index in [1.807, 2.05) is 13.0 Å². The number of rotatable bonds is 8. The monoisotopic (exact) mass is 368 g/mol. The average molecular weight is 368 g/mol. The van der Waals surface area contributed by atoms with Gasteiger partial charge in [-0.05, 0) is 56.3 Å². The molecule has 140 valence electrons. The van der Waals surface area contributed by atoms with Crippen molar-refractivity contribution in [2.24, 2.45) is 0 Å². The summed E-state index contributed by atoms with van der Waals surface area (Å²) in [6, 6.07) is 15.2. The largest absolute Gasteiger partial charge is 0.494 e. The van der Waals surface area contributed by atoms with Gasteiger partial charge < -0.3 is 19.5 Å². The minimum Gasteiger partial charge on any atom is -0.494 e. The molecule has 0 aliphatic carbocycles. The maximum atomic E-state index is 12.1. The van der Waals surface area contributed by atoms with Gasteiger partial charge in [0, 0.05) is 5.69 Å². The van der Waals surface area contributed by atoms with Crippen molar-refractivity contribution in [3.63, 3.8) is 0 Å².